The molecule has 2 amide bonds. The van der Waals surface area contributed by atoms with E-state index >= 15 is 0 Å². The van der Waals surface area contributed by atoms with Crippen molar-refractivity contribution in [3.63, 3.8) is 0 Å². The minimum Gasteiger partial charge on any atom is -0.338 e. The number of carbonyl (C=O) groups excluding carboxylic acids is 1. The number of rotatable bonds is 3. The first-order chi connectivity index (χ1) is 8.55. The largest absolute Gasteiger partial charge is 0.338 e. The molecule has 0 aromatic carbocycles. The number of sulfone groups is 1. The van der Waals surface area contributed by atoms with Crippen LogP contribution in [0.15, 0.2) is 0 Å². The number of nitrogens with one attached hydrogen (secondary N) is 2. The highest BCUT2D eigenvalue weighted by atomic mass is 32.2. The summed E-state index contributed by atoms with van der Waals surface area (Å²) in [5.74, 6) is 0.576. The summed E-state index contributed by atoms with van der Waals surface area (Å²) in [5, 5.41) is 5.76. The van der Waals surface area contributed by atoms with E-state index in [1.165, 1.54) is 19.3 Å². The predicted molar refractivity (Wildman–Crippen MR) is 70.2 cm³/mol. The second-order valence-electron chi connectivity index (χ2n) is 5.46. The second kappa shape index (κ2) is 5.91. The normalized spacial score (nSPS) is 27.9. The molecule has 0 spiro atoms. The van der Waals surface area contributed by atoms with Crippen molar-refractivity contribution in [3.8, 4) is 0 Å². The van der Waals surface area contributed by atoms with Gasteiger partial charge in [-0.25, -0.2) is 13.2 Å². The van der Waals surface area contributed by atoms with E-state index in [-0.39, 0.29) is 23.5 Å². The molecule has 104 valence electrons. The first kappa shape index (κ1) is 13.6. The van der Waals surface area contributed by atoms with E-state index in [1.807, 2.05) is 0 Å². The highest BCUT2D eigenvalue weighted by molar-refractivity contribution is 7.91. The topological polar surface area (TPSA) is 75.3 Å². The number of hydrogen-bond donors (Lipinski definition) is 2. The zero-order valence-corrected chi connectivity index (χ0v) is 11.5. The molecule has 0 bridgehead atoms. The maximum atomic E-state index is 11.7. The summed E-state index contributed by atoms with van der Waals surface area (Å²) in [6, 6.07) is 0.150. The molecule has 1 aliphatic heterocycles. The minimum atomic E-state index is -2.84. The van der Waals surface area contributed by atoms with Gasteiger partial charge in [0, 0.05) is 12.6 Å². The molecule has 0 aromatic rings. The molecular formula is C12H22N2O3S. The molecule has 6 heteroatoms. The SMILES string of the molecule is O=C(NCC1CCS(=O)(=O)C1)NC1CCCCC1. The zero-order chi connectivity index (χ0) is 13.0. The lowest BCUT2D eigenvalue weighted by atomic mass is 9.96. The fourth-order valence-corrected chi connectivity index (χ4v) is 4.62. The van der Waals surface area contributed by atoms with Crippen LogP contribution in [0.5, 0.6) is 0 Å². The third-order valence-electron chi connectivity index (χ3n) is 3.82. The summed E-state index contributed by atoms with van der Waals surface area (Å²) < 4.78 is 22.5. The quantitative estimate of drug-likeness (QED) is 0.808. The van der Waals surface area contributed by atoms with Crippen LogP contribution in [0.2, 0.25) is 0 Å². The Morgan fingerprint density at radius 2 is 1.83 bits per heavy atom. The van der Waals surface area contributed by atoms with Gasteiger partial charge in [-0.2, -0.15) is 0 Å². The molecule has 1 heterocycles. The van der Waals surface area contributed by atoms with Gasteiger partial charge < -0.3 is 10.6 Å². The predicted octanol–water partition coefficient (Wildman–Crippen LogP) is 1.05. The van der Waals surface area contributed by atoms with Crippen molar-refractivity contribution in [1.29, 1.82) is 0 Å². The van der Waals surface area contributed by atoms with Crippen LogP contribution in [0.1, 0.15) is 38.5 Å². The van der Waals surface area contributed by atoms with Gasteiger partial charge in [0.1, 0.15) is 0 Å². The Morgan fingerprint density at radius 3 is 2.44 bits per heavy atom. The van der Waals surface area contributed by atoms with Gasteiger partial charge in [-0.1, -0.05) is 19.3 Å². The molecule has 1 atom stereocenters. The van der Waals surface area contributed by atoms with Gasteiger partial charge in [0.25, 0.3) is 0 Å². The molecular weight excluding hydrogens is 252 g/mol. The van der Waals surface area contributed by atoms with Gasteiger partial charge in [-0.05, 0) is 25.2 Å². The van der Waals surface area contributed by atoms with Gasteiger partial charge in [-0.3, -0.25) is 0 Å². The van der Waals surface area contributed by atoms with Gasteiger partial charge >= 0.3 is 6.03 Å². The highest BCUT2D eigenvalue weighted by Crippen LogP contribution is 2.18. The van der Waals surface area contributed by atoms with E-state index in [0.29, 0.717) is 19.0 Å². The van der Waals surface area contributed by atoms with E-state index < -0.39 is 9.84 Å². The monoisotopic (exact) mass is 274 g/mol. The van der Waals surface area contributed by atoms with Crippen molar-refractivity contribution >= 4 is 15.9 Å². The van der Waals surface area contributed by atoms with Crippen LogP contribution in [0.25, 0.3) is 0 Å². The van der Waals surface area contributed by atoms with Crippen LogP contribution >= 0.6 is 0 Å². The fraction of sp³-hybridized carbons (Fsp3) is 0.917. The lowest BCUT2D eigenvalue weighted by Gasteiger charge is -2.23. The summed E-state index contributed by atoms with van der Waals surface area (Å²) in [6.45, 7) is 0.470. The van der Waals surface area contributed by atoms with E-state index in [1.54, 1.807) is 0 Å². The van der Waals surface area contributed by atoms with Gasteiger partial charge in [0.15, 0.2) is 9.84 Å². The zero-order valence-electron chi connectivity index (χ0n) is 10.7. The average Bonchev–Trinajstić information content (AvgIpc) is 2.68. The maximum Gasteiger partial charge on any atom is 0.315 e. The van der Waals surface area contributed by atoms with Crippen LogP contribution in [-0.2, 0) is 9.84 Å². The lowest BCUT2D eigenvalue weighted by molar-refractivity contribution is 0.231. The van der Waals surface area contributed by atoms with Crippen molar-refractivity contribution in [2.24, 2.45) is 5.92 Å². The first-order valence-electron chi connectivity index (χ1n) is 6.80. The third kappa shape index (κ3) is 4.15. The Balaban J connectivity index is 1.65. The van der Waals surface area contributed by atoms with Crippen LogP contribution < -0.4 is 10.6 Å². The smallest absolute Gasteiger partial charge is 0.315 e. The van der Waals surface area contributed by atoms with Crippen LogP contribution in [-0.4, -0.2) is 38.5 Å². The number of urea groups is 1. The molecule has 1 aliphatic carbocycles. The Morgan fingerprint density at radius 1 is 1.11 bits per heavy atom. The van der Waals surface area contributed by atoms with Gasteiger partial charge in [0.05, 0.1) is 11.5 Å². The van der Waals surface area contributed by atoms with E-state index in [4.69, 9.17) is 0 Å². The van der Waals surface area contributed by atoms with E-state index in [2.05, 4.69) is 10.6 Å². The molecule has 0 aromatic heterocycles. The summed E-state index contributed by atoms with van der Waals surface area (Å²) in [4.78, 5) is 11.7. The van der Waals surface area contributed by atoms with E-state index in [9.17, 15) is 13.2 Å². The van der Waals surface area contributed by atoms with Gasteiger partial charge in [-0.15, -0.1) is 0 Å². The Bertz CT molecular complexity index is 388. The first-order valence-corrected chi connectivity index (χ1v) is 8.62. The molecule has 18 heavy (non-hydrogen) atoms. The van der Waals surface area contributed by atoms with E-state index in [0.717, 1.165) is 12.8 Å². The summed E-state index contributed by atoms with van der Waals surface area (Å²) in [6.07, 6.45) is 6.43. The van der Waals surface area contributed by atoms with Crippen LogP contribution in [0.4, 0.5) is 4.79 Å². The third-order valence-corrected chi connectivity index (χ3v) is 5.66. The fourth-order valence-electron chi connectivity index (χ4n) is 2.75. The van der Waals surface area contributed by atoms with Crippen molar-refractivity contribution < 1.29 is 13.2 Å². The molecule has 1 unspecified atom stereocenters. The van der Waals surface area contributed by atoms with Crippen LogP contribution in [0, 0.1) is 5.92 Å². The van der Waals surface area contributed by atoms with Crippen molar-refractivity contribution in [3.05, 3.63) is 0 Å². The molecule has 0 radical (unpaired) electrons. The molecule has 1 saturated carbocycles. The molecule has 5 nitrogen and oxygen atoms in total. The molecule has 2 N–H and O–H groups in total. The minimum absolute atomic E-state index is 0.0899. The highest BCUT2D eigenvalue weighted by Gasteiger charge is 2.28. The Labute approximate surface area is 109 Å². The molecule has 2 aliphatic rings. The molecule has 2 rings (SSSR count). The second-order valence-corrected chi connectivity index (χ2v) is 7.69. The number of carbonyl (C=O) groups is 1. The average molecular weight is 274 g/mol. The van der Waals surface area contributed by atoms with Crippen molar-refractivity contribution in [1.82, 2.24) is 10.6 Å². The Kier molecular flexibility index (Phi) is 4.48. The number of hydrogen-bond acceptors (Lipinski definition) is 3. The van der Waals surface area contributed by atoms with Crippen molar-refractivity contribution in [2.45, 2.75) is 44.6 Å². The lowest BCUT2D eigenvalue weighted by Crippen LogP contribution is -2.44. The summed E-state index contributed by atoms with van der Waals surface area (Å²) >= 11 is 0. The summed E-state index contributed by atoms with van der Waals surface area (Å²) in [7, 11) is -2.84. The standard InChI is InChI=1S/C12H22N2O3S/c15-12(14-11-4-2-1-3-5-11)13-8-10-6-7-18(16,17)9-10/h10-11H,1-9H2,(H2,13,14,15). The molecule has 1 saturated heterocycles. The summed E-state index contributed by atoms with van der Waals surface area (Å²) in [5.41, 5.74) is 0. The van der Waals surface area contributed by atoms with Gasteiger partial charge in [0.2, 0.25) is 0 Å². The maximum absolute atomic E-state index is 11.7. The van der Waals surface area contributed by atoms with Crippen LogP contribution in [0.3, 0.4) is 0 Å². The van der Waals surface area contributed by atoms with Crippen molar-refractivity contribution in [2.75, 3.05) is 18.1 Å². The Hall–Kier alpha value is -0.780. The number of amides is 2. The molecule has 2 fully saturated rings.